The van der Waals surface area contributed by atoms with Crippen molar-refractivity contribution >= 4 is 23.4 Å². The van der Waals surface area contributed by atoms with E-state index in [2.05, 4.69) is 15.4 Å². The molecule has 2 aromatic heterocycles. The molecule has 0 unspecified atom stereocenters. The maximum Gasteiger partial charge on any atom is 0.253 e. The Hall–Kier alpha value is -3.26. The number of aromatic nitrogens is 3. The molecule has 154 valence electrons. The van der Waals surface area contributed by atoms with E-state index in [1.165, 1.54) is 0 Å². The first-order valence-electron chi connectivity index (χ1n) is 10.3. The van der Waals surface area contributed by atoms with Crippen LogP contribution in [0.4, 0.5) is 5.95 Å². The van der Waals surface area contributed by atoms with E-state index >= 15 is 0 Å². The number of piperidine rings is 1. The summed E-state index contributed by atoms with van der Waals surface area (Å²) in [5.74, 6) is 0.350. The van der Waals surface area contributed by atoms with Gasteiger partial charge in [-0.3, -0.25) is 14.9 Å². The monoisotopic (exact) mass is 405 g/mol. The molecule has 2 amide bonds. The number of aliphatic hydroxyl groups is 1. The smallest absolute Gasteiger partial charge is 0.253 e. The summed E-state index contributed by atoms with van der Waals surface area (Å²) < 4.78 is 1.65. The molecule has 8 heteroatoms. The number of carbonyl (C=O) groups is 2. The number of rotatable bonds is 4. The number of nitrogens with one attached hydrogen (secondary N) is 1. The molecule has 2 N–H and O–H groups in total. The molecule has 0 atom stereocenters. The zero-order valence-corrected chi connectivity index (χ0v) is 16.5. The lowest BCUT2D eigenvalue weighted by Gasteiger charge is -2.29. The molecule has 0 bridgehead atoms. The first-order valence-corrected chi connectivity index (χ1v) is 10.3. The van der Waals surface area contributed by atoms with Crippen LogP contribution in [0.5, 0.6) is 0 Å². The van der Waals surface area contributed by atoms with E-state index in [1.54, 1.807) is 15.6 Å². The standard InChI is InChI=1S/C22H23N5O3/c28-17-9-12-26(13-10-17)21(30)16-7-3-14(4-8-16)18-2-1-11-27-19(18)23-22(25-27)24-20(29)15-5-6-15/h1-4,7-8,11,15,17,28H,5-6,9-10,12-13H2,(H,24,25,29). The Bertz CT molecular complexity index is 1100. The van der Waals surface area contributed by atoms with Crippen molar-refractivity contribution in [1.29, 1.82) is 0 Å². The summed E-state index contributed by atoms with van der Waals surface area (Å²) in [5.41, 5.74) is 3.06. The third-order valence-electron chi connectivity index (χ3n) is 5.74. The maximum absolute atomic E-state index is 12.7. The molecule has 2 aliphatic rings. The maximum atomic E-state index is 12.7. The summed E-state index contributed by atoms with van der Waals surface area (Å²) in [6.45, 7) is 1.16. The van der Waals surface area contributed by atoms with Crippen LogP contribution in [-0.4, -0.2) is 55.6 Å². The molecule has 5 rings (SSSR count). The van der Waals surface area contributed by atoms with E-state index in [0.29, 0.717) is 43.1 Å². The summed E-state index contributed by atoms with van der Waals surface area (Å²) in [6, 6.07) is 11.3. The van der Waals surface area contributed by atoms with Gasteiger partial charge in [-0.25, -0.2) is 4.52 Å². The van der Waals surface area contributed by atoms with Gasteiger partial charge in [-0.1, -0.05) is 12.1 Å². The van der Waals surface area contributed by atoms with E-state index in [-0.39, 0.29) is 23.8 Å². The van der Waals surface area contributed by atoms with E-state index in [0.717, 1.165) is 24.0 Å². The van der Waals surface area contributed by atoms with Crippen LogP contribution in [0, 0.1) is 5.92 Å². The third-order valence-corrected chi connectivity index (χ3v) is 5.74. The number of hydrogen-bond donors (Lipinski definition) is 2. The van der Waals surface area contributed by atoms with Crippen LogP contribution in [0.25, 0.3) is 16.8 Å². The van der Waals surface area contributed by atoms with E-state index in [4.69, 9.17) is 0 Å². The van der Waals surface area contributed by atoms with Crippen molar-refractivity contribution in [3.63, 3.8) is 0 Å². The largest absolute Gasteiger partial charge is 0.393 e. The lowest BCUT2D eigenvalue weighted by molar-refractivity contribution is -0.117. The molecule has 30 heavy (non-hydrogen) atoms. The number of fused-ring (bicyclic) bond motifs is 1. The Balaban J connectivity index is 1.37. The van der Waals surface area contributed by atoms with Crippen molar-refractivity contribution in [3.05, 3.63) is 48.2 Å². The highest BCUT2D eigenvalue weighted by Crippen LogP contribution is 2.30. The minimum atomic E-state index is -0.306. The summed E-state index contributed by atoms with van der Waals surface area (Å²) in [7, 11) is 0. The van der Waals surface area contributed by atoms with Crippen LogP contribution in [0.2, 0.25) is 0 Å². The average Bonchev–Trinajstić information content (AvgIpc) is 3.54. The quantitative estimate of drug-likeness (QED) is 0.694. The van der Waals surface area contributed by atoms with Crippen molar-refractivity contribution in [2.24, 2.45) is 5.92 Å². The van der Waals surface area contributed by atoms with Gasteiger partial charge < -0.3 is 10.0 Å². The Morgan fingerprint density at radius 2 is 1.77 bits per heavy atom. The lowest BCUT2D eigenvalue weighted by atomic mass is 10.0. The van der Waals surface area contributed by atoms with Gasteiger partial charge in [-0.2, -0.15) is 4.98 Å². The fourth-order valence-electron chi connectivity index (χ4n) is 3.79. The van der Waals surface area contributed by atoms with Gasteiger partial charge >= 0.3 is 0 Å². The molecule has 8 nitrogen and oxygen atoms in total. The zero-order valence-electron chi connectivity index (χ0n) is 16.5. The second kappa shape index (κ2) is 7.53. The Kier molecular flexibility index (Phi) is 4.71. The average molecular weight is 405 g/mol. The van der Waals surface area contributed by atoms with E-state index in [9.17, 15) is 14.7 Å². The van der Waals surface area contributed by atoms with E-state index in [1.807, 2.05) is 36.4 Å². The van der Waals surface area contributed by atoms with Crippen molar-refractivity contribution in [1.82, 2.24) is 19.5 Å². The summed E-state index contributed by atoms with van der Waals surface area (Å²) in [6.07, 6.45) is 4.58. The molecule has 1 aliphatic carbocycles. The third kappa shape index (κ3) is 3.66. The minimum absolute atomic E-state index is 0.0146. The molecule has 0 spiro atoms. The number of benzene rings is 1. The molecule has 1 saturated heterocycles. The molecular formula is C22H23N5O3. The van der Waals surface area contributed by atoms with Crippen LogP contribution in [0.3, 0.4) is 0 Å². The van der Waals surface area contributed by atoms with Crippen LogP contribution >= 0.6 is 0 Å². The second-order valence-electron chi connectivity index (χ2n) is 7.99. The highest BCUT2D eigenvalue weighted by Gasteiger charge is 2.30. The van der Waals surface area contributed by atoms with Crippen LogP contribution in [-0.2, 0) is 4.79 Å². The highest BCUT2D eigenvalue weighted by molar-refractivity contribution is 5.95. The van der Waals surface area contributed by atoms with Gasteiger partial charge in [0.1, 0.15) is 0 Å². The molecule has 1 aliphatic heterocycles. The normalized spacial score (nSPS) is 17.3. The fourth-order valence-corrected chi connectivity index (χ4v) is 3.79. The lowest BCUT2D eigenvalue weighted by Crippen LogP contribution is -2.40. The number of likely N-dealkylation sites (tertiary alicyclic amines) is 1. The summed E-state index contributed by atoms with van der Waals surface area (Å²) >= 11 is 0. The zero-order chi connectivity index (χ0) is 20.7. The number of carbonyl (C=O) groups excluding carboxylic acids is 2. The van der Waals surface area contributed by atoms with Crippen molar-refractivity contribution in [2.75, 3.05) is 18.4 Å². The summed E-state index contributed by atoms with van der Waals surface area (Å²) in [4.78, 5) is 31.0. The second-order valence-corrected chi connectivity index (χ2v) is 7.99. The number of aliphatic hydroxyl groups excluding tert-OH is 1. The number of hydrogen-bond acceptors (Lipinski definition) is 5. The molecule has 3 aromatic rings. The molecule has 1 saturated carbocycles. The molecule has 2 fully saturated rings. The SMILES string of the molecule is O=C(Nc1nc2c(-c3ccc(C(=O)N4CCC(O)CC4)cc3)cccn2n1)C1CC1. The van der Waals surface area contributed by atoms with Gasteiger partial charge in [0.25, 0.3) is 5.91 Å². The first-order chi connectivity index (χ1) is 14.6. The number of nitrogens with zero attached hydrogens (tertiary/aromatic N) is 4. The van der Waals surface area contributed by atoms with Gasteiger partial charge in [0.2, 0.25) is 11.9 Å². The molecule has 0 radical (unpaired) electrons. The Morgan fingerprint density at radius 1 is 1.03 bits per heavy atom. The van der Waals surface area contributed by atoms with Crippen molar-refractivity contribution < 1.29 is 14.7 Å². The predicted octanol–water partition coefficient (Wildman–Crippen LogP) is 2.34. The Morgan fingerprint density at radius 3 is 2.47 bits per heavy atom. The predicted molar refractivity (Wildman–Crippen MR) is 111 cm³/mol. The fraction of sp³-hybridized carbons (Fsp3) is 0.364. The van der Waals surface area contributed by atoms with Gasteiger partial charge in [0, 0.05) is 36.3 Å². The van der Waals surface area contributed by atoms with Gasteiger partial charge in [0.15, 0.2) is 5.65 Å². The topological polar surface area (TPSA) is 99.8 Å². The first kappa shape index (κ1) is 18.7. The number of amides is 2. The highest BCUT2D eigenvalue weighted by atomic mass is 16.3. The minimum Gasteiger partial charge on any atom is -0.393 e. The van der Waals surface area contributed by atoms with Gasteiger partial charge in [-0.05, 0) is 55.5 Å². The van der Waals surface area contributed by atoms with Gasteiger partial charge in [-0.15, -0.1) is 5.10 Å². The molecule has 1 aromatic carbocycles. The van der Waals surface area contributed by atoms with Crippen molar-refractivity contribution in [2.45, 2.75) is 31.8 Å². The van der Waals surface area contributed by atoms with Crippen molar-refractivity contribution in [3.8, 4) is 11.1 Å². The molecular weight excluding hydrogens is 382 g/mol. The Labute approximate surface area is 173 Å². The van der Waals surface area contributed by atoms with Gasteiger partial charge in [0.05, 0.1) is 6.10 Å². The van der Waals surface area contributed by atoms with Crippen LogP contribution in [0.1, 0.15) is 36.0 Å². The summed E-state index contributed by atoms with van der Waals surface area (Å²) in [5, 5.41) is 16.8. The number of pyridine rings is 1. The number of anilines is 1. The van der Waals surface area contributed by atoms with Crippen LogP contribution in [0.15, 0.2) is 42.6 Å². The van der Waals surface area contributed by atoms with E-state index < -0.39 is 0 Å². The molecule has 3 heterocycles. The van der Waals surface area contributed by atoms with Crippen LogP contribution < -0.4 is 5.32 Å².